The monoisotopic (exact) mass is 194 g/mol. The average Bonchev–Trinajstić information content (AvgIpc) is 2.81. The number of nitrogens with one attached hydrogen (secondary N) is 1. The molecular formula is C10H18N4. The summed E-state index contributed by atoms with van der Waals surface area (Å²) in [5.74, 6) is 0.952. The molecule has 1 saturated carbocycles. The molecule has 1 aromatic heterocycles. The predicted molar refractivity (Wildman–Crippen MR) is 57.0 cm³/mol. The van der Waals surface area contributed by atoms with Gasteiger partial charge in [-0.1, -0.05) is 0 Å². The molecule has 1 heterocycles. The summed E-state index contributed by atoms with van der Waals surface area (Å²) in [6.45, 7) is 1.80. The average molecular weight is 194 g/mol. The Morgan fingerprint density at radius 3 is 2.93 bits per heavy atom. The van der Waals surface area contributed by atoms with E-state index >= 15 is 0 Å². The Hall–Kier alpha value is -1.03. The van der Waals surface area contributed by atoms with E-state index < -0.39 is 0 Å². The fraction of sp³-hybridized carbons (Fsp3) is 0.700. The van der Waals surface area contributed by atoms with Crippen molar-refractivity contribution in [1.82, 2.24) is 9.55 Å². The Labute approximate surface area is 84.5 Å². The number of anilines is 1. The fourth-order valence-corrected chi connectivity index (χ4v) is 1.80. The molecule has 14 heavy (non-hydrogen) atoms. The van der Waals surface area contributed by atoms with Crippen LogP contribution in [0.25, 0.3) is 0 Å². The zero-order valence-electron chi connectivity index (χ0n) is 8.66. The molecular weight excluding hydrogens is 176 g/mol. The molecule has 1 aromatic rings. The van der Waals surface area contributed by atoms with Gasteiger partial charge in [-0.3, -0.25) is 0 Å². The van der Waals surface area contributed by atoms with E-state index in [-0.39, 0.29) is 0 Å². The summed E-state index contributed by atoms with van der Waals surface area (Å²) in [5.41, 5.74) is 6.06. The molecule has 0 aliphatic heterocycles. The molecule has 1 aliphatic rings. The number of hydrogen-bond donors (Lipinski definition) is 2. The quantitative estimate of drug-likeness (QED) is 0.734. The minimum Gasteiger partial charge on any atom is -0.355 e. The Balaban J connectivity index is 1.86. The first-order valence-corrected chi connectivity index (χ1v) is 5.17. The summed E-state index contributed by atoms with van der Waals surface area (Å²) in [4.78, 5) is 4.23. The highest BCUT2D eigenvalue weighted by molar-refractivity contribution is 5.26. The lowest BCUT2D eigenvalue weighted by Gasteiger charge is -2.15. The Kier molecular flexibility index (Phi) is 2.46. The van der Waals surface area contributed by atoms with Crippen molar-refractivity contribution in [2.24, 2.45) is 18.2 Å². The second kappa shape index (κ2) is 3.61. The lowest BCUT2D eigenvalue weighted by molar-refractivity contribution is 0.499. The number of nitrogens with two attached hydrogens (primary N) is 1. The fourth-order valence-electron chi connectivity index (χ4n) is 1.80. The van der Waals surface area contributed by atoms with Crippen LogP contribution in [0, 0.1) is 5.41 Å². The maximum atomic E-state index is 5.58. The Bertz CT molecular complexity index is 301. The molecule has 0 atom stereocenters. The van der Waals surface area contributed by atoms with Gasteiger partial charge in [0.1, 0.15) is 0 Å². The van der Waals surface area contributed by atoms with Crippen LogP contribution in [-0.4, -0.2) is 22.6 Å². The summed E-state index contributed by atoms with van der Waals surface area (Å²) in [7, 11) is 2.00. The molecule has 0 aromatic carbocycles. The molecule has 4 heteroatoms. The van der Waals surface area contributed by atoms with Crippen molar-refractivity contribution in [2.45, 2.75) is 19.3 Å². The zero-order valence-corrected chi connectivity index (χ0v) is 8.66. The van der Waals surface area contributed by atoms with Crippen molar-refractivity contribution in [3.63, 3.8) is 0 Å². The molecule has 0 saturated heterocycles. The molecule has 78 valence electrons. The molecule has 0 amide bonds. The van der Waals surface area contributed by atoms with E-state index in [1.165, 1.54) is 12.8 Å². The van der Waals surface area contributed by atoms with Gasteiger partial charge in [0.05, 0.1) is 0 Å². The van der Waals surface area contributed by atoms with Gasteiger partial charge in [-0.25, -0.2) is 4.98 Å². The topological polar surface area (TPSA) is 55.9 Å². The second-order valence-corrected chi connectivity index (χ2v) is 4.25. The van der Waals surface area contributed by atoms with Gasteiger partial charge in [-0.15, -0.1) is 0 Å². The summed E-state index contributed by atoms with van der Waals surface area (Å²) < 4.78 is 2.00. The zero-order chi connectivity index (χ0) is 10.0. The highest BCUT2D eigenvalue weighted by Gasteiger charge is 2.41. The number of rotatable bonds is 5. The van der Waals surface area contributed by atoms with E-state index in [9.17, 15) is 0 Å². The largest absolute Gasteiger partial charge is 0.355 e. The number of nitrogens with zero attached hydrogens (tertiary/aromatic N) is 2. The van der Waals surface area contributed by atoms with Crippen molar-refractivity contribution in [2.75, 3.05) is 18.4 Å². The standard InChI is InChI=1S/C10H18N4/c1-14-7-6-12-9(14)13-8-10(2-3-10)4-5-11/h6-7H,2-5,8,11H2,1H3,(H,12,13). The lowest BCUT2D eigenvalue weighted by Crippen LogP contribution is -2.20. The molecule has 3 N–H and O–H groups in total. The minimum absolute atomic E-state index is 0.473. The number of hydrogen-bond acceptors (Lipinski definition) is 3. The van der Waals surface area contributed by atoms with E-state index in [2.05, 4.69) is 10.3 Å². The third-order valence-corrected chi connectivity index (χ3v) is 3.07. The van der Waals surface area contributed by atoms with Crippen molar-refractivity contribution in [3.8, 4) is 0 Å². The Morgan fingerprint density at radius 2 is 2.43 bits per heavy atom. The van der Waals surface area contributed by atoms with Crippen molar-refractivity contribution < 1.29 is 0 Å². The predicted octanol–water partition coefficient (Wildman–Crippen LogP) is 0.961. The first kappa shape index (κ1) is 9.52. The van der Waals surface area contributed by atoms with Gasteiger partial charge >= 0.3 is 0 Å². The maximum absolute atomic E-state index is 5.58. The molecule has 0 spiro atoms. The number of aryl methyl sites for hydroxylation is 1. The molecule has 0 unspecified atom stereocenters. The summed E-state index contributed by atoms with van der Waals surface area (Å²) in [5, 5.41) is 3.38. The van der Waals surface area contributed by atoms with Gasteiger partial charge in [-0.05, 0) is 31.2 Å². The van der Waals surface area contributed by atoms with Gasteiger partial charge in [0.25, 0.3) is 0 Å². The molecule has 1 fully saturated rings. The highest BCUT2D eigenvalue weighted by atomic mass is 15.2. The van der Waals surface area contributed by atoms with E-state index in [0.717, 1.165) is 25.5 Å². The molecule has 0 radical (unpaired) electrons. The van der Waals surface area contributed by atoms with Gasteiger partial charge < -0.3 is 15.6 Å². The third kappa shape index (κ3) is 1.90. The summed E-state index contributed by atoms with van der Waals surface area (Å²) in [6.07, 6.45) is 7.50. The van der Waals surface area contributed by atoms with E-state index in [0.29, 0.717) is 5.41 Å². The van der Waals surface area contributed by atoms with Gasteiger partial charge in [0, 0.05) is 26.0 Å². The van der Waals surface area contributed by atoms with Crippen molar-refractivity contribution in [3.05, 3.63) is 12.4 Å². The number of imidazole rings is 1. The minimum atomic E-state index is 0.473. The molecule has 0 bridgehead atoms. The normalized spacial score (nSPS) is 18.1. The van der Waals surface area contributed by atoms with Crippen LogP contribution in [0.4, 0.5) is 5.95 Å². The van der Waals surface area contributed by atoms with E-state index in [1.807, 2.05) is 24.0 Å². The van der Waals surface area contributed by atoms with Crippen molar-refractivity contribution >= 4 is 5.95 Å². The lowest BCUT2D eigenvalue weighted by atomic mass is 10.0. The van der Waals surface area contributed by atoms with Crippen LogP contribution in [0.5, 0.6) is 0 Å². The maximum Gasteiger partial charge on any atom is 0.202 e. The summed E-state index contributed by atoms with van der Waals surface area (Å²) in [6, 6.07) is 0. The first-order valence-electron chi connectivity index (χ1n) is 5.17. The molecule has 4 nitrogen and oxygen atoms in total. The SMILES string of the molecule is Cn1ccnc1NCC1(CCN)CC1. The van der Waals surface area contributed by atoms with Crippen LogP contribution in [-0.2, 0) is 7.05 Å². The first-order chi connectivity index (χ1) is 6.76. The summed E-state index contributed by atoms with van der Waals surface area (Å²) >= 11 is 0. The van der Waals surface area contributed by atoms with Crippen LogP contribution in [0.2, 0.25) is 0 Å². The van der Waals surface area contributed by atoms with Gasteiger partial charge in [-0.2, -0.15) is 0 Å². The van der Waals surface area contributed by atoms with Crippen LogP contribution < -0.4 is 11.1 Å². The van der Waals surface area contributed by atoms with Crippen LogP contribution >= 0.6 is 0 Å². The van der Waals surface area contributed by atoms with Gasteiger partial charge in [0.2, 0.25) is 5.95 Å². The van der Waals surface area contributed by atoms with E-state index in [1.54, 1.807) is 0 Å². The van der Waals surface area contributed by atoms with Crippen LogP contribution in [0.3, 0.4) is 0 Å². The number of aromatic nitrogens is 2. The Morgan fingerprint density at radius 1 is 1.64 bits per heavy atom. The van der Waals surface area contributed by atoms with Crippen LogP contribution in [0.15, 0.2) is 12.4 Å². The van der Waals surface area contributed by atoms with Crippen LogP contribution in [0.1, 0.15) is 19.3 Å². The smallest absolute Gasteiger partial charge is 0.202 e. The highest BCUT2D eigenvalue weighted by Crippen LogP contribution is 2.48. The van der Waals surface area contributed by atoms with Crippen molar-refractivity contribution in [1.29, 1.82) is 0 Å². The molecule has 1 aliphatic carbocycles. The third-order valence-electron chi connectivity index (χ3n) is 3.07. The second-order valence-electron chi connectivity index (χ2n) is 4.25. The van der Waals surface area contributed by atoms with E-state index in [4.69, 9.17) is 5.73 Å². The van der Waals surface area contributed by atoms with Gasteiger partial charge in [0.15, 0.2) is 0 Å². The molecule has 2 rings (SSSR count).